The van der Waals surface area contributed by atoms with E-state index in [9.17, 15) is 4.79 Å². The van der Waals surface area contributed by atoms with Gasteiger partial charge in [-0.2, -0.15) is 0 Å². The van der Waals surface area contributed by atoms with Gasteiger partial charge in [-0.3, -0.25) is 4.79 Å². The first kappa shape index (κ1) is 10.9. The molecule has 0 radical (unpaired) electrons. The van der Waals surface area contributed by atoms with E-state index in [0.29, 0.717) is 11.4 Å². The van der Waals surface area contributed by atoms with Crippen LogP contribution in [0.1, 0.15) is 23.7 Å². The normalized spacial score (nSPS) is 12.1. The van der Waals surface area contributed by atoms with Crippen LogP contribution in [0.2, 0.25) is 0 Å². The van der Waals surface area contributed by atoms with Gasteiger partial charge in [-0.15, -0.1) is 11.6 Å². The van der Waals surface area contributed by atoms with Crippen molar-refractivity contribution in [2.75, 3.05) is 5.88 Å². The van der Waals surface area contributed by atoms with E-state index >= 15 is 0 Å². The van der Waals surface area contributed by atoms with Crippen LogP contribution in [0.4, 0.5) is 0 Å². The van der Waals surface area contributed by atoms with Crippen molar-refractivity contribution in [1.29, 1.82) is 0 Å². The monoisotopic (exact) mass is 213 g/mol. The first-order valence-electron chi connectivity index (χ1n) is 4.39. The highest BCUT2D eigenvalue weighted by atomic mass is 35.5. The third kappa shape index (κ3) is 2.96. The Balaban J connectivity index is 2.59. The van der Waals surface area contributed by atoms with E-state index < -0.39 is 0 Å². The van der Waals surface area contributed by atoms with Crippen molar-refractivity contribution >= 4 is 17.5 Å². The molecule has 1 N–H and O–H groups in total. The van der Waals surface area contributed by atoms with Gasteiger partial charge in [0.05, 0.1) is 5.56 Å². The minimum absolute atomic E-state index is 0.00405. The van der Waals surface area contributed by atoms with Gasteiger partial charge >= 0.3 is 0 Å². The molecule has 4 nitrogen and oxygen atoms in total. The van der Waals surface area contributed by atoms with Crippen molar-refractivity contribution in [3.8, 4) is 0 Å². The summed E-state index contributed by atoms with van der Waals surface area (Å²) in [6.07, 6.45) is 5.14. The number of aromatic nitrogens is 2. The fourth-order valence-electron chi connectivity index (χ4n) is 0.935. The molecule has 1 aromatic heterocycles. The Morgan fingerprint density at radius 2 is 2.21 bits per heavy atom. The molecule has 1 amide bonds. The molecule has 0 aliphatic heterocycles. The van der Waals surface area contributed by atoms with Gasteiger partial charge in [-0.25, -0.2) is 9.97 Å². The SMILES string of the molecule is CCC(CCl)NC(=O)c1cncnc1. The summed E-state index contributed by atoms with van der Waals surface area (Å²) in [6.45, 7) is 1.97. The lowest BCUT2D eigenvalue weighted by Crippen LogP contribution is -2.35. The Morgan fingerprint density at radius 3 is 2.71 bits per heavy atom. The van der Waals surface area contributed by atoms with Crippen molar-refractivity contribution < 1.29 is 4.79 Å². The Bertz CT molecular complexity index is 287. The highest BCUT2D eigenvalue weighted by Gasteiger charge is 2.10. The molecule has 76 valence electrons. The summed E-state index contributed by atoms with van der Waals surface area (Å²) in [5.74, 6) is 0.230. The molecule has 0 saturated heterocycles. The maximum absolute atomic E-state index is 11.5. The standard InChI is InChI=1S/C9H12ClN3O/c1-2-8(3-10)13-9(14)7-4-11-6-12-5-7/h4-6,8H,2-3H2,1H3,(H,13,14). The van der Waals surface area contributed by atoms with Gasteiger partial charge < -0.3 is 5.32 Å². The molecule has 0 saturated carbocycles. The second-order valence-corrected chi connectivity index (χ2v) is 3.17. The van der Waals surface area contributed by atoms with Crippen LogP contribution in [0.25, 0.3) is 0 Å². The lowest BCUT2D eigenvalue weighted by atomic mass is 10.2. The molecular weight excluding hydrogens is 202 g/mol. The molecule has 1 rings (SSSR count). The number of carbonyl (C=O) groups is 1. The van der Waals surface area contributed by atoms with Crippen LogP contribution >= 0.6 is 11.6 Å². The van der Waals surface area contributed by atoms with Crippen LogP contribution in [-0.2, 0) is 0 Å². The van der Waals surface area contributed by atoms with Gasteiger partial charge in [0.15, 0.2) is 0 Å². The van der Waals surface area contributed by atoms with Crippen LogP contribution in [0.15, 0.2) is 18.7 Å². The van der Waals surface area contributed by atoms with Crippen LogP contribution in [0.3, 0.4) is 0 Å². The van der Waals surface area contributed by atoms with Crippen molar-refractivity contribution in [2.24, 2.45) is 0 Å². The number of hydrogen-bond donors (Lipinski definition) is 1. The summed E-state index contributed by atoms with van der Waals surface area (Å²) in [4.78, 5) is 19.0. The van der Waals surface area contributed by atoms with Gasteiger partial charge in [-0.05, 0) is 6.42 Å². The summed E-state index contributed by atoms with van der Waals surface area (Å²) in [5, 5.41) is 2.78. The number of rotatable bonds is 4. The largest absolute Gasteiger partial charge is 0.348 e. The number of halogens is 1. The minimum Gasteiger partial charge on any atom is -0.348 e. The Labute approximate surface area is 87.7 Å². The second-order valence-electron chi connectivity index (χ2n) is 2.86. The van der Waals surface area contributed by atoms with Gasteiger partial charge in [-0.1, -0.05) is 6.92 Å². The molecule has 0 aliphatic rings. The molecule has 1 aromatic rings. The third-order valence-corrected chi connectivity index (χ3v) is 2.21. The average Bonchev–Trinajstić information content (AvgIpc) is 2.26. The number of hydrogen-bond acceptors (Lipinski definition) is 3. The molecule has 5 heteroatoms. The van der Waals surface area contributed by atoms with E-state index in [4.69, 9.17) is 11.6 Å². The van der Waals surface area contributed by atoms with Crippen LogP contribution < -0.4 is 5.32 Å². The van der Waals surface area contributed by atoms with E-state index in [1.165, 1.54) is 18.7 Å². The first-order valence-corrected chi connectivity index (χ1v) is 4.93. The predicted molar refractivity (Wildman–Crippen MR) is 54.3 cm³/mol. The molecule has 1 unspecified atom stereocenters. The lowest BCUT2D eigenvalue weighted by molar-refractivity contribution is 0.0939. The summed E-state index contributed by atoms with van der Waals surface area (Å²) >= 11 is 5.65. The zero-order valence-electron chi connectivity index (χ0n) is 7.90. The van der Waals surface area contributed by atoms with E-state index in [1.54, 1.807) is 0 Å². The Morgan fingerprint density at radius 1 is 1.57 bits per heavy atom. The zero-order valence-corrected chi connectivity index (χ0v) is 8.66. The zero-order chi connectivity index (χ0) is 10.4. The molecule has 0 aliphatic carbocycles. The molecule has 0 spiro atoms. The van der Waals surface area contributed by atoms with Crippen molar-refractivity contribution in [2.45, 2.75) is 19.4 Å². The van der Waals surface area contributed by atoms with Gasteiger partial charge in [0, 0.05) is 24.3 Å². The molecular formula is C9H12ClN3O. The summed E-state index contributed by atoms with van der Waals surface area (Å²) in [6, 6.07) is 0.00405. The van der Waals surface area contributed by atoms with Crippen molar-refractivity contribution in [1.82, 2.24) is 15.3 Å². The number of alkyl halides is 1. The van der Waals surface area contributed by atoms with Crippen LogP contribution in [0, 0.1) is 0 Å². The topological polar surface area (TPSA) is 54.9 Å². The van der Waals surface area contributed by atoms with Crippen molar-refractivity contribution in [3.05, 3.63) is 24.3 Å². The maximum Gasteiger partial charge on any atom is 0.254 e. The fraction of sp³-hybridized carbons (Fsp3) is 0.444. The molecule has 1 atom stereocenters. The number of nitrogens with one attached hydrogen (secondary N) is 1. The van der Waals surface area contributed by atoms with Crippen molar-refractivity contribution in [3.63, 3.8) is 0 Å². The van der Waals surface area contributed by atoms with E-state index in [0.717, 1.165) is 6.42 Å². The van der Waals surface area contributed by atoms with Gasteiger partial charge in [0.25, 0.3) is 5.91 Å². The maximum atomic E-state index is 11.5. The highest BCUT2D eigenvalue weighted by Crippen LogP contribution is 1.98. The number of carbonyl (C=O) groups excluding carboxylic acids is 1. The second kappa shape index (κ2) is 5.54. The van der Waals surface area contributed by atoms with Gasteiger partial charge in [0.1, 0.15) is 6.33 Å². The Hall–Kier alpha value is -1.16. The lowest BCUT2D eigenvalue weighted by Gasteiger charge is -2.12. The quantitative estimate of drug-likeness (QED) is 0.766. The fourth-order valence-corrected chi connectivity index (χ4v) is 1.23. The molecule has 14 heavy (non-hydrogen) atoms. The number of nitrogens with zero attached hydrogens (tertiary/aromatic N) is 2. The van der Waals surface area contributed by atoms with Crippen LogP contribution in [0.5, 0.6) is 0 Å². The minimum atomic E-state index is -0.182. The molecule has 0 fully saturated rings. The Kier molecular flexibility index (Phi) is 4.32. The summed E-state index contributed by atoms with van der Waals surface area (Å²) in [7, 11) is 0. The molecule has 0 bridgehead atoms. The first-order chi connectivity index (χ1) is 6.77. The number of amides is 1. The van der Waals surface area contributed by atoms with Crippen LogP contribution in [-0.4, -0.2) is 27.8 Å². The van der Waals surface area contributed by atoms with Gasteiger partial charge in [0.2, 0.25) is 0 Å². The smallest absolute Gasteiger partial charge is 0.254 e. The van der Waals surface area contributed by atoms with E-state index in [1.807, 2.05) is 6.92 Å². The summed E-state index contributed by atoms with van der Waals surface area (Å²) in [5.41, 5.74) is 0.455. The summed E-state index contributed by atoms with van der Waals surface area (Å²) < 4.78 is 0. The highest BCUT2D eigenvalue weighted by molar-refractivity contribution is 6.18. The third-order valence-electron chi connectivity index (χ3n) is 1.84. The van der Waals surface area contributed by atoms with E-state index in [-0.39, 0.29) is 11.9 Å². The predicted octanol–water partition coefficient (Wildman–Crippen LogP) is 1.22. The molecule has 1 heterocycles. The van der Waals surface area contributed by atoms with E-state index in [2.05, 4.69) is 15.3 Å². The average molecular weight is 214 g/mol. The molecule has 0 aromatic carbocycles.